The van der Waals surface area contributed by atoms with Crippen LogP contribution >= 0.6 is 0 Å². The maximum atomic E-state index is 12.2. The van der Waals surface area contributed by atoms with Gasteiger partial charge in [-0.05, 0) is 70.6 Å². The van der Waals surface area contributed by atoms with Crippen LogP contribution in [0.25, 0.3) is 0 Å². The average Bonchev–Trinajstić information content (AvgIpc) is 3.13. The molecule has 0 saturated heterocycles. The monoisotopic (exact) mass is 713 g/mol. The van der Waals surface area contributed by atoms with Crippen molar-refractivity contribution >= 4 is 11.9 Å². The number of hydrogen-bond acceptors (Lipinski definition) is 5. The first kappa shape index (κ1) is 48.6. The second-order valence-corrected chi connectivity index (χ2v) is 14.0. The second-order valence-electron chi connectivity index (χ2n) is 14.0. The van der Waals surface area contributed by atoms with E-state index in [9.17, 15) is 14.7 Å². The number of carbonyl (C=O) groups is 2. The Balaban J connectivity index is 3.49. The maximum Gasteiger partial charge on any atom is 0.306 e. The summed E-state index contributed by atoms with van der Waals surface area (Å²) in [5.41, 5.74) is 0. The van der Waals surface area contributed by atoms with Gasteiger partial charge < -0.3 is 14.6 Å². The number of aliphatic hydroxyl groups excluding tert-OH is 1. The van der Waals surface area contributed by atoms with Crippen LogP contribution in [0.3, 0.4) is 0 Å². The van der Waals surface area contributed by atoms with Gasteiger partial charge in [0.2, 0.25) is 0 Å². The highest BCUT2D eigenvalue weighted by Crippen LogP contribution is 2.15. The Morgan fingerprint density at radius 2 is 0.843 bits per heavy atom. The molecule has 0 bridgehead atoms. The molecule has 0 rings (SSSR count). The predicted octanol–water partition coefficient (Wildman–Crippen LogP) is 13.6. The molecule has 1 unspecified atom stereocenters. The third-order valence-electron chi connectivity index (χ3n) is 9.03. The van der Waals surface area contributed by atoms with E-state index in [2.05, 4.69) is 74.6 Å². The van der Waals surface area contributed by atoms with Crippen LogP contribution in [0.5, 0.6) is 0 Å². The SMILES string of the molecule is CC/C=C\C/C=C\C/C=C\C/C=C\CCCCCCCCCCCCCCCCC(=O)OC(CO)COC(=O)CCCCCCC/C=C\CCC. The molecule has 0 saturated carbocycles. The van der Waals surface area contributed by atoms with Gasteiger partial charge in [-0.2, -0.15) is 0 Å². The van der Waals surface area contributed by atoms with Gasteiger partial charge in [0.15, 0.2) is 6.10 Å². The molecule has 0 aliphatic heterocycles. The summed E-state index contributed by atoms with van der Waals surface area (Å²) in [7, 11) is 0. The minimum absolute atomic E-state index is 0.0710. The number of rotatable bonds is 38. The fourth-order valence-corrected chi connectivity index (χ4v) is 5.84. The van der Waals surface area contributed by atoms with Crippen LogP contribution in [0, 0.1) is 0 Å². The zero-order valence-electron chi connectivity index (χ0n) is 33.4. The molecule has 0 aromatic carbocycles. The number of hydrogen-bond donors (Lipinski definition) is 1. The molecule has 0 spiro atoms. The predicted molar refractivity (Wildman–Crippen MR) is 219 cm³/mol. The molecule has 0 amide bonds. The van der Waals surface area contributed by atoms with E-state index in [1.807, 2.05) is 0 Å². The van der Waals surface area contributed by atoms with E-state index < -0.39 is 6.10 Å². The van der Waals surface area contributed by atoms with E-state index in [4.69, 9.17) is 9.47 Å². The van der Waals surface area contributed by atoms with Gasteiger partial charge in [-0.1, -0.05) is 177 Å². The fraction of sp³-hybridized carbons (Fsp3) is 0.739. The minimum atomic E-state index is -0.774. The van der Waals surface area contributed by atoms with Crippen molar-refractivity contribution in [3.05, 3.63) is 60.8 Å². The third-order valence-corrected chi connectivity index (χ3v) is 9.03. The van der Waals surface area contributed by atoms with E-state index in [1.54, 1.807) is 0 Å². The lowest BCUT2D eigenvalue weighted by atomic mass is 10.0. The van der Waals surface area contributed by atoms with Crippen LogP contribution < -0.4 is 0 Å². The van der Waals surface area contributed by atoms with E-state index in [0.29, 0.717) is 12.8 Å². The van der Waals surface area contributed by atoms with Gasteiger partial charge in [0, 0.05) is 12.8 Å². The summed E-state index contributed by atoms with van der Waals surface area (Å²) in [6.07, 6.45) is 54.5. The number of unbranched alkanes of at least 4 members (excludes halogenated alkanes) is 20. The maximum absolute atomic E-state index is 12.2. The highest BCUT2D eigenvalue weighted by molar-refractivity contribution is 5.70. The molecule has 0 fully saturated rings. The molecule has 1 atom stereocenters. The molecule has 0 radical (unpaired) electrons. The zero-order valence-corrected chi connectivity index (χ0v) is 33.4. The lowest BCUT2D eigenvalue weighted by molar-refractivity contribution is -0.161. The van der Waals surface area contributed by atoms with Gasteiger partial charge in [-0.3, -0.25) is 9.59 Å². The number of carbonyl (C=O) groups excluding carboxylic acids is 2. The molecule has 0 heterocycles. The Morgan fingerprint density at radius 3 is 1.29 bits per heavy atom. The highest BCUT2D eigenvalue weighted by Gasteiger charge is 2.16. The van der Waals surface area contributed by atoms with Crippen molar-refractivity contribution in [2.75, 3.05) is 13.2 Å². The third kappa shape index (κ3) is 40.2. The summed E-state index contributed by atoms with van der Waals surface area (Å²) >= 11 is 0. The Kier molecular flexibility index (Phi) is 40.0. The van der Waals surface area contributed by atoms with E-state index >= 15 is 0 Å². The topological polar surface area (TPSA) is 72.8 Å². The number of aliphatic hydroxyl groups is 1. The van der Waals surface area contributed by atoms with Crippen LogP contribution in [-0.2, 0) is 19.1 Å². The van der Waals surface area contributed by atoms with Crippen molar-refractivity contribution < 1.29 is 24.2 Å². The first-order valence-corrected chi connectivity index (χ1v) is 21.3. The lowest BCUT2D eigenvalue weighted by Gasteiger charge is -2.15. The molecule has 5 heteroatoms. The first-order valence-electron chi connectivity index (χ1n) is 21.3. The molecule has 5 nitrogen and oxygen atoms in total. The largest absolute Gasteiger partial charge is 0.462 e. The van der Waals surface area contributed by atoms with E-state index in [0.717, 1.165) is 77.0 Å². The molecule has 1 N–H and O–H groups in total. The number of ether oxygens (including phenoxy) is 2. The van der Waals surface area contributed by atoms with Crippen LogP contribution in [0.15, 0.2) is 60.8 Å². The van der Waals surface area contributed by atoms with Crippen molar-refractivity contribution in [1.29, 1.82) is 0 Å². The molecular weight excluding hydrogens is 633 g/mol. The molecule has 0 aromatic heterocycles. The Morgan fingerprint density at radius 1 is 0.471 bits per heavy atom. The van der Waals surface area contributed by atoms with E-state index in [-0.39, 0.29) is 25.2 Å². The Bertz CT molecular complexity index is 899. The fourth-order valence-electron chi connectivity index (χ4n) is 5.84. The smallest absolute Gasteiger partial charge is 0.306 e. The van der Waals surface area contributed by atoms with Crippen molar-refractivity contribution in [3.63, 3.8) is 0 Å². The summed E-state index contributed by atoms with van der Waals surface area (Å²) in [4.78, 5) is 24.2. The van der Waals surface area contributed by atoms with Crippen molar-refractivity contribution in [1.82, 2.24) is 0 Å². The number of esters is 2. The van der Waals surface area contributed by atoms with Crippen molar-refractivity contribution in [2.45, 2.75) is 206 Å². The number of allylic oxidation sites excluding steroid dienone is 10. The Hall–Kier alpha value is -2.40. The Labute approximate surface area is 315 Å². The van der Waals surface area contributed by atoms with Crippen molar-refractivity contribution in [2.24, 2.45) is 0 Å². The minimum Gasteiger partial charge on any atom is -0.462 e. The second kappa shape index (κ2) is 42.0. The van der Waals surface area contributed by atoms with Gasteiger partial charge in [0.25, 0.3) is 0 Å². The highest BCUT2D eigenvalue weighted by atomic mass is 16.6. The quantitative estimate of drug-likeness (QED) is 0.0392. The summed E-state index contributed by atoms with van der Waals surface area (Å²) in [6.45, 7) is 3.95. The molecule has 294 valence electrons. The lowest BCUT2D eigenvalue weighted by Crippen LogP contribution is -2.28. The molecule has 0 aliphatic carbocycles. The van der Waals surface area contributed by atoms with Gasteiger partial charge in [-0.15, -0.1) is 0 Å². The molecule has 51 heavy (non-hydrogen) atoms. The van der Waals surface area contributed by atoms with Crippen LogP contribution in [0.2, 0.25) is 0 Å². The summed E-state index contributed by atoms with van der Waals surface area (Å²) in [6, 6.07) is 0. The standard InChI is InChI=1S/C46H80O5/c1-3-5-7-9-11-13-15-16-17-18-19-20-21-22-23-24-25-26-27-28-29-30-31-33-35-37-39-41-46(49)51-44(42-47)43-50-45(48)40-38-36-34-32-14-12-10-8-6-4-2/h5,7-8,10-11,13,16-17,19-20,44,47H,3-4,6,9,12,14-15,18,21-43H2,1-2H3/b7-5-,10-8-,13-11-,17-16-,20-19-. The van der Waals surface area contributed by atoms with E-state index in [1.165, 1.54) is 96.3 Å². The zero-order chi connectivity index (χ0) is 37.1. The van der Waals surface area contributed by atoms with Crippen molar-refractivity contribution in [3.8, 4) is 0 Å². The van der Waals surface area contributed by atoms with Gasteiger partial charge >= 0.3 is 11.9 Å². The summed E-state index contributed by atoms with van der Waals surface area (Å²) in [5, 5.41) is 9.55. The normalized spacial score (nSPS) is 12.8. The van der Waals surface area contributed by atoms with Gasteiger partial charge in [0.1, 0.15) is 6.61 Å². The average molecular weight is 713 g/mol. The molecular formula is C46H80O5. The van der Waals surface area contributed by atoms with Gasteiger partial charge in [-0.25, -0.2) is 0 Å². The molecule has 0 aliphatic rings. The summed E-state index contributed by atoms with van der Waals surface area (Å²) < 4.78 is 10.6. The molecule has 0 aromatic rings. The summed E-state index contributed by atoms with van der Waals surface area (Å²) in [5.74, 6) is -0.604. The van der Waals surface area contributed by atoms with Crippen LogP contribution in [0.4, 0.5) is 0 Å². The van der Waals surface area contributed by atoms with Gasteiger partial charge in [0.05, 0.1) is 6.61 Å². The van der Waals surface area contributed by atoms with Crippen LogP contribution in [0.1, 0.15) is 200 Å². The first-order chi connectivity index (χ1) is 25.1. The van der Waals surface area contributed by atoms with Crippen LogP contribution in [-0.4, -0.2) is 36.4 Å².